The molecule has 2 N–H and O–H groups in total. The van der Waals surface area contributed by atoms with Gasteiger partial charge in [0.2, 0.25) is 11.8 Å². The molecule has 1 saturated heterocycles. The van der Waals surface area contributed by atoms with Gasteiger partial charge in [0.25, 0.3) is 5.24 Å². The zero-order valence-corrected chi connectivity index (χ0v) is 17.9. The molecule has 1 unspecified atom stereocenters. The Morgan fingerprint density at radius 3 is 2.56 bits per heavy atom. The van der Waals surface area contributed by atoms with Crippen molar-refractivity contribution >= 4 is 40.6 Å². The summed E-state index contributed by atoms with van der Waals surface area (Å²) in [5.74, 6) is -0.918. The summed E-state index contributed by atoms with van der Waals surface area (Å²) in [5.41, 5.74) is 3.78. The van der Waals surface area contributed by atoms with Crippen molar-refractivity contribution in [2.75, 3.05) is 5.32 Å². The molecule has 3 amide bonds. The van der Waals surface area contributed by atoms with Crippen molar-refractivity contribution in [3.63, 3.8) is 0 Å². The molecule has 1 aliphatic rings. The van der Waals surface area contributed by atoms with E-state index in [0.717, 1.165) is 34.1 Å². The van der Waals surface area contributed by atoms with Gasteiger partial charge in [-0.25, -0.2) is 4.39 Å². The van der Waals surface area contributed by atoms with E-state index < -0.39 is 5.25 Å². The van der Waals surface area contributed by atoms with Crippen LogP contribution in [0.4, 0.5) is 14.9 Å². The zero-order chi connectivity index (χ0) is 22.7. The first-order chi connectivity index (χ1) is 15.4. The molecule has 1 aliphatic heterocycles. The summed E-state index contributed by atoms with van der Waals surface area (Å²) in [6.45, 7) is 0. The van der Waals surface area contributed by atoms with E-state index in [1.807, 2.05) is 12.1 Å². The maximum Gasteiger partial charge on any atom is 0.286 e. The molecule has 2 heterocycles. The van der Waals surface area contributed by atoms with Crippen LogP contribution >= 0.6 is 11.8 Å². The predicted molar refractivity (Wildman–Crippen MR) is 121 cm³/mol. The second-order valence-corrected chi connectivity index (χ2v) is 8.36. The number of benzene rings is 2. The van der Waals surface area contributed by atoms with Crippen molar-refractivity contribution in [2.24, 2.45) is 7.05 Å². The summed E-state index contributed by atoms with van der Waals surface area (Å²) < 4.78 is 14.9. The topological polar surface area (TPSA) is 93.1 Å². The second kappa shape index (κ2) is 9.19. The van der Waals surface area contributed by atoms with E-state index >= 15 is 0 Å². The largest absolute Gasteiger partial charge is 0.323 e. The van der Waals surface area contributed by atoms with Gasteiger partial charge in [0, 0.05) is 29.9 Å². The van der Waals surface area contributed by atoms with Crippen LogP contribution < -0.4 is 10.6 Å². The molecule has 1 atom stereocenters. The molecule has 2 aromatic carbocycles. The Morgan fingerprint density at radius 1 is 1.19 bits per heavy atom. The molecule has 0 bridgehead atoms. The van der Waals surface area contributed by atoms with E-state index in [9.17, 15) is 18.8 Å². The number of aromatic nitrogens is 2. The smallest absolute Gasteiger partial charge is 0.286 e. The van der Waals surface area contributed by atoms with Crippen LogP contribution in [0.5, 0.6) is 0 Å². The van der Waals surface area contributed by atoms with Crippen LogP contribution in [-0.4, -0.2) is 32.1 Å². The van der Waals surface area contributed by atoms with Gasteiger partial charge in [-0.15, -0.1) is 0 Å². The van der Waals surface area contributed by atoms with Crippen molar-refractivity contribution < 1.29 is 18.8 Å². The molecule has 3 aromatic rings. The number of aryl methyl sites for hydroxylation is 1. The first-order valence-corrected chi connectivity index (χ1v) is 10.6. The number of rotatable bonds is 6. The number of hydrogen-bond acceptors (Lipinski definition) is 5. The van der Waals surface area contributed by atoms with E-state index in [0.29, 0.717) is 12.1 Å². The number of nitrogens with one attached hydrogen (secondary N) is 2. The van der Waals surface area contributed by atoms with Crippen molar-refractivity contribution in [1.29, 1.82) is 0 Å². The first-order valence-electron chi connectivity index (χ1n) is 9.76. The Hall–Kier alpha value is -3.72. The van der Waals surface area contributed by atoms with Crippen LogP contribution in [0.2, 0.25) is 0 Å². The number of carbonyl (C=O) groups is 3. The summed E-state index contributed by atoms with van der Waals surface area (Å²) in [4.78, 5) is 35.3. The number of carbonyl (C=O) groups excluding carboxylic acids is 3. The minimum atomic E-state index is -0.430. The van der Waals surface area contributed by atoms with Gasteiger partial charge in [-0.05, 0) is 54.5 Å². The molecule has 0 spiro atoms. The number of anilines is 1. The quantitative estimate of drug-likeness (QED) is 0.558. The van der Waals surface area contributed by atoms with E-state index in [1.54, 1.807) is 48.3 Å². The number of thioether (sulfide) groups is 1. The van der Waals surface area contributed by atoms with Gasteiger partial charge in [0.15, 0.2) is 0 Å². The molecular weight excluding hydrogens is 431 g/mol. The van der Waals surface area contributed by atoms with Crippen LogP contribution in [-0.2, 0) is 23.1 Å². The number of halogens is 1. The Balaban J connectivity index is 1.39. The number of nitrogens with zero attached hydrogens (tertiary/aromatic N) is 2. The van der Waals surface area contributed by atoms with Gasteiger partial charge in [-0.1, -0.05) is 23.9 Å². The highest BCUT2D eigenvalue weighted by Crippen LogP contribution is 2.25. The van der Waals surface area contributed by atoms with Gasteiger partial charge in [-0.2, -0.15) is 5.10 Å². The maximum absolute atomic E-state index is 13.2. The molecule has 4 rings (SSSR count). The van der Waals surface area contributed by atoms with Crippen LogP contribution in [0.3, 0.4) is 0 Å². The molecule has 1 aromatic heterocycles. The van der Waals surface area contributed by atoms with E-state index in [-0.39, 0.29) is 22.9 Å². The third-order valence-corrected chi connectivity index (χ3v) is 5.89. The summed E-state index contributed by atoms with van der Waals surface area (Å²) in [6, 6.07) is 13.2. The van der Waals surface area contributed by atoms with Crippen LogP contribution in [0, 0.1) is 5.82 Å². The number of imide groups is 1. The van der Waals surface area contributed by atoms with Crippen molar-refractivity contribution in [3.05, 3.63) is 77.7 Å². The maximum atomic E-state index is 13.2. The Morgan fingerprint density at radius 2 is 1.91 bits per heavy atom. The van der Waals surface area contributed by atoms with Gasteiger partial charge in [0.1, 0.15) is 5.82 Å². The third-order valence-electron chi connectivity index (χ3n) is 4.91. The van der Waals surface area contributed by atoms with Gasteiger partial charge < -0.3 is 5.32 Å². The fraction of sp³-hybridized carbons (Fsp3) is 0.130. The Kier molecular flexibility index (Phi) is 6.18. The molecule has 7 nitrogen and oxygen atoms in total. The Labute approximate surface area is 187 Å². The SMILES string of the molecule is Cn1ncc(C=CC(=O)Nc2ccc(CC3SC(=O)NC3=O)cc2)c1-c1ccc(F)cc1. The van der Waals surface area contributed by atoms with Crippen LogP contribution in [0.25, 0.3) is 17.3 Å². The minimum Gasteiger partial charge on any atom is -0.323 e. The molecule has 9 heteroatoms. The molecule has 0 radical (unpaired) electrons. The van der Waals surface area contributed by atoms with Crippen molar-refractivity contribution in [3.8, 4) is 11.3 Å². The fourth-order valence-corrected chi connectivity index (χ4v) is 4.21. The highest BCUT2D eigenvalue weighted by molar-refractivity contribution is 8.15. The van der Waals surface area contributed by atoms with E-state index in [2.05, 4.69) is 15.7 Å². The lowest BCUT2D eigenvalue weighted by Gasteiger charge is -2.07. The average molecular weight is 450 g/mol. The number of hydrogen-bond donors (Lipinski definition) is 2. The van der Waals surface area contributed by atoms with Crippen molar-refractivity contribution in [2.45, 2.75) is 11.7 Å². The van der Waals surface area contributed by atoms with Crippen LogP contribution in [0.15, 0.2) is 60.8 Å². The van der Waals surface area contributed by atoms with Crippen LogP contribution in [0.1, 0.15) is 11.1 Å². The lowest BCUT2D eigenvalue weighted by atomic mass is 10.1. The minimum absolute atomic E-state index is 0.280. The highest BCUT2D eigenvalue weighted by atomic mass is 32.2. The standard InChI is InChI=1S/C23H19FN4O3S/c1-28-21(15-4-7-17(24)8-5-15)16(13-25-28)6-11-20(29)26-18-9-2-14(3-10-18)12-19-22(30)27-23(31)32-19/h2-11,13,19H,12H2,1H3,(H,26,29)(H,27,30,31). The summed E-state index contributed by atoms with van der Waals surface area (Å²) in [7, 11) is 1.78. The van der Waals surface area contributed by atoms with Gasteiger partial charge in [0.05, 0.1) is 17.1 Å². The molecule has 162 valence electrons. The monoisotopic (exact) mass is 450 g/mol. The second-order valence-electron chi connectivity index (χ2n) is 7.19. The summed E-state index contributed by atoms with van der Waals surface area (Å²) in [5, 5.41) is 8.52. The zero-order valence-electron chi connectivity index (χ0n) is 17.0. The molecule has 0 aliphatic carbocycles. The molecule has 0 saturated carbocycles. The summed E-state index contributed by atoms with van der Waals surface area (Å²) >= 11 is 0.986. The van der Waals surface area contributed by atoms with E-state index in [1.165, 1.54) is 18.2 Å². The lowest BCUT2D eigenvalue weighted by Crippen LogP contribution is -2.25. The first kappa shape index (κ1) is 21.5. The highest BCUT2D eigenvalue weighted by Gasteiger charge is 2.31. The lowest BCUT2D eigenvalue weighted by molar-refractivity contribution is -0.119. The molecular formula is C23H19FN4O3S. The number of amides is 3. The van der Waals surface area contributed by atoms with Gasteiger partial charge >= 0.3 is 0 Å². The predicted octanol–water partition coefficient (Wildman–Crippen LogP) is 3.77. The Bertz CT molecular complexity index is 1200. The summed E-state index contributed by atoms with van der Waals surface area (Å²) in [6.07, 6.45) is 5.13. The molecule has 32 heavy (non-hydrogen) atoms. The third kappa shape index (κ3) is 4.94. The normalized spacial score (nSPS) is 15.9. The average Bonchev–Trinajstić information content (AvgIpc) is 3.29. The molecule has 1 fully saturated rings. The van der Waals surface area contributed by atoms with E-state index in [4.69, 9.17) is 0 Å². The fourth-order valence-electron chi connectivity index (χ4n) is 3.35. The van der Waals surface area contributed by atoms with Crippen molar-refractivity contribution in [1.82, 2.24) is 15.1 Å². The van der Waals surface area contributed by atoms with Gasteiger partial charge in [-0.3, -0.25) is 24.4 Å².